The Bertz CT molecular complexity index is 1010. The molecular weight excluding hydrogens is 336 g/mol. The number of allylic oxidation sites excluding steroid dienone is 1. The summed E-state index contributed by atoms with van der Waals surface area (Å²) < 4.78 is 5.94. The molecule has 0 atom stereocenters. The molecule has 1 fully saturated rings. The van der Waals surface area contributed by atoms with Gasteiger partial charge in [-0.3, -0.25) is 4.79 Å². The third kappa shape index (κ3) is 3.47. The van der Waals surface area contributed by atoms with Crippen LogP contribution >= 0.6 is 0 Å². The molecule has 0 spiro atoms. The fraction of sp³-hybridized carbons (Fsp3) is 0.261. The predicted molar refractivity (Wildman–Crippen MR) is 109 cm³/mol. The number of H-pyrrole nitrogens is 1. The maximum atomic E-state index is 12.6. The van der Waals surface area contributed by atoms with Gasteiger partial charge in [0.2, 0.25) is 5.91 Å². The lowest BCUT2D eigenvalue weighted by Crippen LogP contribution is -2.40. The zero-order valence-electron chi connectivity index (χ0n) is 15.8. The van der Waals surface area contributed by atoms with Gasteiger partial charge >= 0.3 is 0 Å². The molecule has 1 amide bonds. The Balaban J connectivity index is 1.50. The van der Waals surface area contributed by atoms with Gasteiger partial charge in [-0.05, 0) is 43.5 Å². The van der Waals surface area contributed by atoms with Gasteiger partial charge in [-0.2, -0.15) is 0 Å². The lowest BCUT2D eigenvalue weighted by atomic mass is 9.67. The minimum atomic E-state index is -0.347. The minimum Gasteiger partial charge on any atom is -0.489 e. The molecule has 3 aromatic rings. The first-order valence-electron chi connectivity index (χ1n) is 9.20. The highest BCUT2D eigenvalue weighted by Gasteiger charge is 2.42. The van der Waals surface area contributed by atoms with E-state index in [0.29, 0.717) is 6.61 Å². The van der Waals surface area contributed by atoms with Crippen LogP contribution < -0.4 is 10.1 Å². The van der Waals surface area contributed by atoms with E-state index in [1.807, 2.05) is 31.3 Å². The standard InChI is InChI=1S/C23H24N2O2/c1-15-4-6-17(7-5-15)14-27-18-8-9-20-19(10-18)21(13-24-20)25-22(26)23(3)11-16(2)12-23/h4-10,13,24H,2,11-12,14H2,1,3H3,(H,25,26). The van der Waals surface area contributed by atoms with Crippen molar-refractivity contribution in [2.24, 2.45) is 5.41 Å². The van der Waals surface area contributed by atoms with Crippen LogP contribution in [0.1, 0.15) is 30.9 Å². The van der Waals surface area contributed by atoms with E-state index in [9.17, 15) is 4.79 Å². The third-order valence-corrected chi connectivity index (χ3v) is 5.26. The number of aromatic nitrogens is 1. The van der Waals surface area contributed by atoms with Crippen LogP contribution in [0, 0.1) is 12.3 Å². The molecule has 27 heavy (non-hydrogen) atoms. The lowest BCUT2D eigenvalue weighted by molar-refractivity contribution is -0.126. The van der Waals surface area contributed by atoms with Gasteiger partial charge in [0, 0.05) is 17.1 Å². The van der Waals surface area contributed by atoms with Crippen LogP contribution in [-0.2, 0) is 11.4 Å². The highest BCUT2D eigenvalue weighted by Crippen LogP contribution is 2.45. The molecule has 4 nitrogen and oxygen atoms in total. The van der Waals surface area contributed by atoms with Crippen LogP contribution in [0.3, 0.4) is 0 Å². The van der Waals surface area contributed by atoms with Gasteiger partial charge in [0.1, 0.15) is 12.4 Å². The van der Waals surface area contributed by atoms with Crippen molar-refractivity contribution < 1.29 is 9.53 Å². The molecule has 0 aliphatic heterocycles. The van der Waals surface area contributed by atoms with Crippen LogP contribution in [0.5, 0.6) is 5.75 Å². The van der Waals surface area contributed by atoms with Crippen LogP contribution in [0.15, 0.2) is 60.8 Å². The first kappa shape index (κ1) is 17.4. The van der Waals surface area contributed by atoms with Crippen molar-refractivity contribution in [3.05, 3.63) is 71.9 Å². The van der Waals surface area contributed by atoms with Gasteiger partial charge < -0.3 is 15.0 Å². The number of aromatic amines is 1. The fourth-order valence-electron chi connectivity index (χ4n) is 3.63. The number of aryl methyl sites for hydroxylation is 1. The number of hydrogen-bond acceptors (Lipinski definition) is 2. The second-order valence-corrected chi connectivity index (χ2v) is 7.80. The number of ether oxygens (including phenoxy) is 1. The smallest absolute Gasteiger partial charge is 0.231 e. The Morgan fingerprint density at radius 3 is 2.67 bits per heavy atom. The molecule has 4 heteroatoms. The fourth-order valence-corrected chi connectivity index (χ4v) is 3.63. The molecule has 4 rings (SSSR count). The number of carbonyl (C=O) groups excluding carboxylic acids is 1. The van der Waals surface area contributed by atoms with Gasteiger partial charge in [0.05, 0.1) is 11.1 Å². The summed E-state index contributed by atoms with van der Waals surface area (Å²) in [6.45, 7) is 8.51. The second kappa shape index (κ2) is 6.62. The highest BCUT2D eigenvalue weighted by molar-refractivity contribution is 6.04. The topological polar surface area (TPSA) is 54.1 Å². The van der Waals surface area contributed by atoms with Crippen molar-refractivity contribution in [2.75, 3.05) is 5.32 Å². The van der Waals surface area contributed by atoms with Crippen LogP contribution in [0.4, 0.5) is 5.69 Å². The predicted octanol–water partition coefficient (Wildman–Crippen LogP) is 5.35. The summed E-state index contributed by atoms with van der Waals surface area (Å²) in [5, 5.41) is 4.02. The molecule has 138 valence electrons. The molecule has 2 N–H and O–H groups in total. The Labute approximate surface area is 159 Å². The average Bonchev–Trinajstić information content (AvgIpc) is 3.02. The quantitative estimate of drug-likeness (QED) is 0.603. The summed E-state index contributed by atoms with van der Waals surface area (Å²) in [6, 6.07) is 14.2. The maximum Gasteiger partial charge on any atom is 0.231 e. The van der Waals surface area contributed by atoms with E-state index in [4.69, 9.17) is 4.74 Å². The van der Waals surface area contributed by atoms with Crippen molar-refractivity contribution in [3.63, 3.8) is 0 Å². The SMILES string of the molecule is C=C1CC(C)(C(=O)Nc2c[nH]c3ccc(OCc4ccc(C)cc4)cc23)C1. The second-order valence-electron chi connectivity index (χ2n) is 7.80. The number of rotatable bonds is 5. The van der Waals surface area contributed by atoms with E-state index in [2.05, 4.69) is 48.1 Å². The Kier molecular flexibility index (Phi) is 4.27. The van der Waals surface area contributed by atoms with E-state index < -0.39 is 0 Å². The van der Waals surface area contributed by atoms with Crippen molar-refractivity contribution in [2.45, 2.75) is 33.3 Å². The summed E-state index contributed by atoms with van der Waals surface area (Å²) in [6.07, 6.45) is 3.35. The largest absolute Gasteiger partial charge is 0.489 e. The van der Waals surface area contributed by atoms with Crippen LogP contribution in [-0.4, -0.2) is 10.9 Å². The van der Waals surface area contributed by atoms with Gasteiger partial charge in [0.25, 0.3) is 0 Å². The molecule has 0 saturated heterocycles. The number of fused-ring (bicyclic) bond motifs is 1. The van der Waals surface area contributed by atoms with Crippen LogP contribution in [0.25, 0.3) is 10.9 Å². The molecule has 0 unspecified atom stereocenters. The average molecular weight is 360 g/mol. The zero-order chi connectivity index (χ0) is 19.0. The lowest BCUT2D eigenvalue weighted by Gasteiger charge is -2.38. The van der Waals surface area contributed by atoms with Crippen molar-refractivity contribution >= 4 is 22.5 Å². The van der Waals surface area contributed by atoms with Crippen LogP contribution in [0.2, 0.25) is 0 Å². The zero-order valence-corrected chi connectivity index (χ0v) is 15.8. The summed E-state index contributed by atoms with van der Waals surface area (Å²) in [4.78, 5) is 15.8. The number of benzene rings is 2. The van der Waals surface area contributed by atoms with E-state index in [0.717, 1.165) is 46.3 Å². The molecule has 1 aliphatic carbocycles. The maximum absolute atomic E-state index is 12.6. The van der Waals surface area contributed by atoms with Crippen molar-refractivity contribution in [3.8, 4) is 5.75 Å². The normalized spacial score (nSPS) is 15.4. The highest BCUT2D eigenvalue weighted by atomic mass is 16.5. The summed E-state index contributed by atoms with van der Waals surface area (Å²) in [7, 11) is 0. The molecule has 2 aromatic carbocycles. The first-order valence-corrected chi connectivity index (χ1v) is 9.20. The van der Waals surface area contributed by atoms with Gasteiger partial charge in [-0.15, -0.1) is 0 Å². The molecule has 1 aromatic heterocycles. The van der Waals surface area contributed by atoms with E-state index in [1.54, 1.807) is 0 Å². The van der Waals surface area contributed by atoms with E-state index in [1.165, 1.54) is 5.56 Å². The third-order valence-electron chi connectivity index (χ3n) is 5.26. The molecule has 0 radical (unpaired) electrons. The van der Waals surface area contributed by atoms with Crippen molar-refractivity contribution in [1.82, 2.24) is 4.98 Å². The van der Waals surface area contributed by atoms with E-state index in [-0.39, 0.29) is 11.3 Å². The van der Waals surface area contributed by atoms with Gasteiger partial charge in [0.15, 0.2) is 0 Å². The van der Waals surface area contributed by atoms with Gasteiger partial charge in [-0.25, -0.2) is 0 Å². The van der Waals surface area contributed by atoms with E-state index >= 15 is 0 Å². The first-order chi connectivity index (χ1) is 12.9. The summed E-state index contributed by atoms with van der Waals surface area (Å²) in [5.41, 5.74) is 4.90. The van der Waals surface area contributed by atoms with Gasteiger partial charge in [-0.1, -0.05) is 48.9 Å². The molecule has 1 aliphatic rings. The summed E-state index contributed by atoms with van der Waals surface area (Å²) in [5.74, 6) is 0.822. The molecule has 1 heterocycles. The Hall–Kier alpha value is -3.01. The molecule has 0 bridgehead atoms. The molecular formula is C23H24N2O2. The number of carbonyl (C=O) groups is 1. The monoisotopic (exact) mass is 360 g/mol. The Morgan fingerprint density at radius 1 is 1.22 bits per heavy atom. The number of anilines is 1. The Morgan fingerprint density at radius 2 is 1.96 bits per heavy atom. The van der Waals surface area contributed by atoms with Crippen molar-refractivity contribution in [1.29, 1.82) is 0 Å². The number of hydrogen-bond donors (Lipinski definition) is 2. The molecule has 1 saturated carbocycles. The number of amides is 1. The minimum absolute atomic E-state index is 0.0433. The number of nitrogens with one attached hydrogen (secondary N) is 2. The summed E-state index contributed by atoms with van der Waals surface area (Å²) >= 11 is 0.